The number of carboxylic acids is 1. The Bertz CT molecular complexity index is 386. The van der Waals surface area contributed by atoms with Crippen molar-refractivity contribution in [3.8, 4) is 0 Å². The molecule has 1 saturated carbocycles. The Morgan fingerprint density at radius 1 is 1.32 bits per heavy atom. The van der Waals surface area contributed by atoms with E-state index in [1.807, 2.05) is 0 Å². The van der Waals surface area contributed by atoms with Gasteiger partial charge in [-0.15, -0.1) is 0 Å². The van der Waals surface area contributed by atoms with E-state index in [4.69, 9.17) is 9.47 Å². The van der Waals surface area contributed by atoms with Gasteiger partial charge in [0.25, 0.3) is 0 Å². The first-order valence-corrected chi connectivity index (χ1v) is 8.28. The molecule has 2 unspecified atom stereocenters. The number of hydrogen-bond donors (Lipinski definition) is 2. The van der Waals surface area contributed by atoms with Crippen LogP contribution in [0.2, 0.25) is 0 Å². The van der Waals surface area contributed by atoms with Crippen LogP contribution in [0.25, 0.3) is 0 Å². The fourth-order valence-corrected chi connectivity index (χ4v) is 3.20. The number of hydrogen-bond acceptors (Lipinski definition) is 4. The summed E-state index contributed by atoms with van der Waals surface area (Å²) in [6, 6.07) is 0. The highest BCUT2D eigenvalue weighted by atomic mass is 16.5. The van der Waals surface area contributed by atoms with Gasteiger partial charge in [0.2, 0.25) is 5.91 Å². The molecule has 2 atom stereocenters. The van der Waals surface area contributed by atoms with Crippen LogP contribution < -0.4 is 5.32 Å². The van der Waals surface area contributed by atoms with Crippen LogP contribution in [0.3, 0.4) is 0 Å². The Morgan fingerprint density at radius 3 is 2.64 bits per heavy atom. The summed E-state index contributed by atoms with van der Waals surface area (Å²) in [5, 5.41) is 12.3. The normalized spacial score (nSPS) is 25.6. The SMILES string of the molecule is CC(OCC1CCCO1)C(=O)NCC1(C(=O)O)CCCCC1. The van der Waals surface area contributed by atoms with E-state index >= 15 is 0 Å². The highest BCUT2D eigenvalue weighted by Gasteiger charge is 2.40. The Balaban J connectivity index is 1.76. The van der Waals surface area contributed by atoms with Gasteiger partial charge < -0.3 is 19.9 Å². The Hall–Kier alpha value is -1.14. The largest absolute Gasteiger partial charge is 0.481 e. The molecule has 0 spiro atoms. The van der Waals surface area contributed by atoms with E-state index < -0.39 is 17.5 Å². The van der Waals surface area contributed by atoms with E-state index in [0.29, 0.717) is 19.4 Å². The van der Waals surface area contributed by atoms with E-state index in [9.17, 15) is 14.7 Å². The minimum Gasteiger partial charge on any atom is -0.481 e. The van der Waals surface area contributed by atoms with Crippen LogP contribution >= 0.6 is 0 Å². The highest BCUT2D eigenvalue weighted by molar-refractivity contribution is 5.82. The molecule has 1 amide bonds. The van der Waals surface area contributed by atoms with Gasteiger partial charge >= 0.3 is 5.97 Å². The van der Waals surface area contributed by atoms with Crippen molar-refractivity contribution >= 4 is 11.9 Å². The average molecular weight is 313 g/mol. The first-order chi connectivity index (χ1) is 10.5. The Morgan fingerprint density at radius 2 is 2.05 bits per heavy atom. The molecule has 2 rings (SSSR count). The summed E-state index contributed by atoms with van der Waals surface area (Å²) >= 11 is 0. The number of carbonyl (C=O) groups excluding carboxylic acids is 1. The minimum atomic E-state index is -0.805. The van der Waals surface area contributed by atoms with Gasteiger partial charge in [-0.1, -0.05) is 19.3 Å². The minimum absolute atomic E-state index is 0.0824. The lowest BCUT2D eigenvalue weighted by molar-refractivity contribution is -0.151. The third-order valence-corrected chi connectivity index (χ3v) is 4.79. The number of rotatable bonds is 7. The molecule has 0 bridgehead atoms. The van der Waals surface area contributed by atoms with E-state index in [0.717, 1.165) is 38.7 Å². The van der Waals surface area contributed by atoms with Gasteiger partial charge in [0.1, 0.15) is 6.10 Å². The van der Waals surface area contributed by atoms with Crippen molar-refractivity contribution < 1.29 is 24.2 Å². The van der Waals surface area contributed by atoms with E-state index in [1.165, 1.54) is 0 Å². The predicted octanol–water partition coefficient (Wildman–Crippen LogP) is 1.72. The summed E-state index contributed by atoms with van der Waals surface area (Å²) < 4.78 is 11.0. The van der Waals surface area contributed by atoms with Crippen LogP contribution in [0.15, 0.2) is 0 Å². The zero-order valence-electron chi connectivity index (χ0n) is 13.3. The number of amides is 1. The van der Waals surface area contributed by atoms with Gasteiger partial charge in [-0.05, 0) is 32.6 Å². The third-order valence-electron chi connectivity index (χ3n) is 4.79. The fraction of sp³-hybridized carbons (Fsp3) is 0.875. The maximum absolute atomic E-state index is 12.1. The number of carboxylic acid groups (broad SMARTS) is 1. The monoisotopic (exact) mass is 313 g/mol. The second kappa shape index (κ2) is 7.92. The number of nitrogens with one attached hydrogen (secondary N) is 1. The standard InChI is InChI=1S/C16H27NO5/c1-12(22-10-13-6-5-9-21-13)14(18)17-11-16(15(19)20)7-3-2-4-8-16/h12-13H,2-11H2,1H3,(H,17,18)(H,19,20). The highest BCUT2D eigenvalue weighted by Crippen LogP contribution is 2.36. The second-order valence-corrected chi connectivity index (χ2v) is 6.47. The van der Waals surface area contributed by atoms with Gasteiger partial charge in [0.05, 0.1) is 18.1 Å². The van der Waals surface area contributed by atoms with E-state index in [1.54, 1.807) is 6.92 Å². The summed E-state index contributed by atoms with van der Waals surface area (Å²) in [7, 11) is 0. The summed E-state index contributed by atoms with van der Waals surface area (Å²) in [5.74, 6) is -1.05. The van der Waals surface area contributed by atoms with Crippen molar-refractivity contribution in [2.24, 2.45) is 5.41 Å². The van der Waals surface area contributed by atoms with Crippen molar-refractivity contribution in [3.63, 3.8) is 0 Å². The maximum atomic E-state index is 12.1. The molecule has 0 aromatic heterocycles. The average Bonchev–Trinajstić information content (AvgIpc) is 3.04. The zero-order valence-corrected chi connectivity index (χ0v) is 13.3. The van der Waals surface area contributed by atoms with Crippen LogP contribution in [0.1, 0.15) is 51.9 Å². The molecule has 2 aliphatic rings. The molecular weight excluding hydrogens is 286 g/mol. The first kappa shape index (κ1) is 17.2. The van der Waals surface area contributed by atoms with Crippen LogP contribution in [-0.2, 0) is 19.1 Å². The number of aliphatic carboxylic acids is 1. The molecule has 0 aromatic rings. The molecule has 2 N–H and O–H groups in total. The van der Waals surface area contributed by atoms with E-state index in [2.05, 4.69) is 5.32 Å². The summed E-state index contributed by atoms with van der Waals surface area (Å²) in [6.07, 6.45) is 5.66. The van der Waals surface area contributed by atoms with Gasteiger partial charge in [-0.2, -0.15) is 0 Å². The van der Waals surface area contributed by atoms with Crippen molar-refractivity contribution in [3.05, 3.63) is 0 Å². The zero-order chi connectivity index (χ0) is 16.0. The Kier molecular flexibility index (Phi) is 6.20. The molecule has 1 aliphatic carbocycles. The lowest BCUT2D eigenvalue weighted by atomic mass is 9.74. The summed E-state index contributed by atoms with van der Waals surface area (Å²) in [4.78, 5) is 23.6. The lowest BCUT2D eigenvalue weighted by Crippen LogP contribution is -2.47. The summed E-state index contributed by atoms with van der Waals surface area (Å²) in [5.41, 5.74) is -0.803. The van der Waals surface area contributed by atoms with Gasteiger partial charge in [0.15, 0.2) is 0 Å². The molecule has 1 saturated heterocycles. The summed E-state index contributed by atoms with van der Waals surface area (Å²) in [6.45, 7) is 3.06. The maximum Gasteiger partial charge on any atom is 0.311 e. The molecule has 126 valence electrons. The van der Waals surface area contributed by atoms with Crippen LogP contribution in [0, 0.1) is 5.41 Å². The van der Waals surface area contributed by atoms with Gasteiger partial charge in [0, 0.05) is 13.2 Å². The molecule has 0 radical (unpaired) electrons. The molecule has 6 heteroatoms. The number of carbonyl (C=O) groups is 2. The van der Waals surface area contributed by atoms with Gasteiger partial charge in [-0.25, -0.2) is 0 Å². The van der Waals surface area contributed by atoms with Crippen molar-refractivity contribution in [2.75, 3.05) is 19.8 Å². The molecule has 6 nitrogen and oxygen atoms in total. The molecule has 22 heavy (non-hydrogen) atoms. The smallest absolute Gasteiger partial charge is 0.311 e. The van der Waals surface area contributed by atoms with E-state index in [-0.39, 0.29) is 18.6 Å². The van der Waals surface area contributed by atoms with Crippen molar-refractivity contribution in [1.82, 2.24) is 5.32 Å². The topological polar surface area (TPSA) is 84.9 Å². The van der Waals surface area contributed by atoms with Crippen LogP contribution in [-0.4, -0.2) is 48.9 Å². The molecule has 0 aromatic carbocycles. The van der Waals surface area contributed by atoms with Gasteiger partial charge in [-0.3, -0.25) is 9.59 Å². The predicted molar refractivity (Wildman–Crippen MR) is 80.6 cm³/mol. The number of ether oxygens (including phenoxy) is 2. The molecular formula is C16H27NO5. The van der Waals surface area contributed by atoms with Crippen LogP contribution in [0.5, 0.6) is 0 Å². The molecule has 1 heterocycles. The molecule has 2 fully saturated rings. The van der Waals surface area contributed by atoms with Crippen molar-refractivity contribution in [1.29, 1.82) is 0 Å². The van der Waals surface area contributed by atoms with Crippen LogP contribution in [0.4, 0.5) is 0 Å². The lowest BCUT2D eigenvalue weighted by Gasteiger charge is -2.33. The Labute approximate surface area is 131 Å². The van der Waals surface area contributed by atoms with Crippen molar-refractivity contribution in [2.45, 2.75) is 64.1 Å². The fourth-order valence-electron chi connectivity index (χ4n) is 3.20. The quantitative estimate of drug-likeness (QED) is 0.747. The first-order valence-electron chi connectivity index (χ1n) is 8.28. The molecule has 1 aliphatic heterocycles. The third kappa shape index (κ3) is 4.43. The second-order valence-electron chi connectivity index (χ2n) is 6.47.